The predicted molar refractivity (Wildman–Crippen MR) is 86.6 cm³/mol. The molecule has 0 radical (unpaired) electrons. The van der Waals surface area contributed by atoms with Crippen molar-refractivity contribution in [3.63, 3.8) is 0 Å². The van der Waals surface area contributed by atoms with Crippen molar-refractivity contribution in [1.82, 2.24) is 20.1 Å². The van der Waals surface area contributed by atoms with E-state index in [2.05, 4.69) is 15.2 Å². The molecular weight excluding hydrogens is 355 g/mol. The second kappa shape index (κ2) is 6.95. The van der Waals surface area contributed by atoms with Crippen LogP contribution >= 0.6 is 11.3 Å². The largest absolute Gasteiger partial charge is 0.427 e. The van der Waals surface area contributed by atoms with Gasteiger partial charge < -0.3 is 9.80 Å². The van der Waals surface area contributed by atoms with Gasteiger partial charge in [0.05, 0.1) is 11.2 Å². The Bertz CT molecular complexity index is 746. The van der Waals surface area contributed by atoms with E-state index in [4.69, 9.17) is 0 Å². The Hall–Kier alpha value is -2.23. The van der Waals surface area contributed by atoms with Crippen LogP contribution in [0.5, 0.6) is 0 Å². The molecule has 0 unspecified atom stereocenters. The van der Waals surface area contributed by atoms with Crippen LogP contribution in [0.1, 0.15) is 27.5 Å². The fourth-order valence-electron chi connectivity index (χ4n) is 2.66. The monoisotopic (exact) mass is 371 g/mol. The molecule has 0 bridgehead atoms. The predicted octanol–water partition coefficient (Wildman–Crippen LogP) is 2.61. The molecule has 1 aliphatic heterocycles. The number of aromatic nitrogens is 3. The molecule has 6 nitrogen and oxygen atoms in total. The molecule has 1 saturated heterocycles. The number of anilines is 1. The molecule has 3 heterocycles. The van der Waals surface area contributed by atoms with E-state index >= 15 is 0 Å². The first kappa shape index (κ1) is 17.6. The average Bonchev–Trinajstić information content (AvgIpc) is 2.94. The molecule has 134 valence electrons. The zero-order valence-corrected chi connectivity index (χ0v) is 14.3. The number of nitrogens with zero attached hydrogens (tertiary/aromatic N) is 5. The quantitative estimate of drug-likeness (QED) is 0.812. The van der Waals surface area contributed by atoms with E-state index in [1.807, 2.05) is 24.0 Å². The number of amides is 1. The number of aryl methyl sites for hydroxylation is 1. The van der Waals surface area contributed by atoms with E-state index in [0.717, 1.165) is 11.2 Å². The summed E-state index contributed by atoms with van der Waals surface area (Å²) in [5.41, 5.74) is 1.35. The summed E-state index contributed by atoms with van der Waals surface area (Å²) in [4.78, 5) is 18.6. The molecule has 10 heteroatoms. The van der Waals surface area contributed by atoms with Gasteiger partial charge in [0, 0.05) is 26.2 Å². The van der Waals surface area contributed by atoms with Gasteiger partial charge in [-0.3, -0.25) is 4.79 Å². The summed E-state index contributed by atoms with van der Waals surface area (Å²) < 4.78 is 38.9. The maximum absolute atomic E-state index is 13.0. The van der Waals surface area contributed by atoms with Gasteiger partial charge in [0.2, 0.25) is 0 Å². The molecule has 0 atom stereocenters. The normalized spacial score (nSPS) is 16.0. The smallest absolute Gasteiger partial charge is 0.353 e. The van der Waals surface area contributed by atoms with Crippen molar-refractivity contribution in [2.24, 2.45) is 0 Å². The molecule has 0 saturated carbocycles. The van der Waals surface area contributed by atoms with Crippen molar-refractivity contribution in [1.29, 1.82) is 0 Å². The van der Waals surface area contributed by atoms with Gasteiger partial charge in [0.1, 0.15) is 4.88 Å². The van der Waals surface area contributed by atoms with Crippen LogP contribution in [0.3, 0.4) is 0 Å². The van der Waals surface area contributed by atoms with Crippen LogP contribution in [-0.2, 0) is 6.18 Å². The lowest BCUT2D eigenvalue weighted by Crippen LogP contribution is -2.36. The van der Waals surface area contributed by atoms with Gasteiger partial charge in [-0.05, 0) is 25.5 Å². The Morgan fingerprint density at radius 1 is 1.16 bits per heavy atom. The summed E-state index contributed by atoms with van der Waals surface area (Å²) >= 11 is 0.440. The van der Waals surface area contributed by atoms with Crippen molar-refractivity contribution < 1.29 is 18.0 Å². The van der Waals surface area contributed by atoms with Gasteiger partial charge in [-0.15, -0.1) is 16.4 Å². The molecule has 0 aromatic carbocycles. The Labute approximate surface area is 146 Å². The molecule has 2 aromatic heterocycles. The summed E-state index contributed by atoms with van der Waals surface area (Å²) in [6.45, 7) is 3.66. The van der Waals surface area contributed by atoms with Gasteiger partial charge in [0.25, 0.3) is 5.91 Å². The number of carbonyl (C=O) groups is 1. The van der Waals surface area contributed by atoms with Crippen LogP contribution < -0.4 is 4.90 Å². The minimum absolute atomic E-state index is 0.309. The summed E-state index contributed by atoms with van der Waals surface area (Å²) in [6.07, 6.45) is -3.94. The fourth-order valence-corrected chi connectivity index (χ4v) is 3.31. The molecule has 2 aromatic rings. The second-order valence-corrected chi connectivity index (χ2v) is 6.55. The molecule has 25 heavy (non-hydrogen) atoms. The van der Waals surface area contributed by atoms with Crippen molar-refractivity contribution in [2.45, 2.75) is 19.5 Å². The number of rotatable bonds is 2. The number of hydrogen-bond acceptors (Lipinski definition) is 6. The minimum Gasteiger partial charge on any atom is -0.353 e. The van der Waals surface area contributed by atoms with Gasteiger partial charge in [-0.1, -0.05) is 0 Å². The number of alkyl halides is 3. The number of thiazole rings is 1. The molecule has 1 fully saturated rings. The molecule has 1 amide bonds. The SMILES string of the molecule is Cc1ccc(N2CCCN(C(=O)c3ncsc3C(F)(F)F)CC2)nn1. The van der Waals surface area contributed by atoms with Crippen molar-refractivity contribution in [2.75, 3.05) is 31.1 Å². The molecule has 0 N–H and O–H groups in total. The average molecular weight is 371 g/mol. The lowest BCUT2D eigenvalue weighted by molar-refractivity contribution is -0.134. The Morgan fingerprint density at radius 2 is 1.96 bits per heavy atom. The van der Waals surface area contributed by atoms with Crippen LogP contribution in [-0.4, -0.2) is 52.2 Å². The molecule has 1 aliphatic rings. The lowest BCUT2D eigenvalue weighted by atomic mass is 10.3. The lowest BCUT2D eigenvalue weighted by Gasteiger charge is -2.22. The number of hydrogen-bond donors (Lipinski definition) is 0. The highest BCUT2D eigenvalue weighted by Gasteiger charge is 2.39. The highest BCUT2D eigenvalue weighted by Crippen LogP contribution is 2.35. The third kappa shape index (κ3) is 3.89. The van der Waals surface area contributed by atoms with Crippen LogP contribution in [0, 0.1) is 6.92 Å². The second-order valence-electron chi connectivity index (χ2n) is 5.69. The first-order chi connectivity index (χ1) is 11.9. The number of halogens is 3. The van der Waals surface area contributed by atoms with Gasteiger partial charge in [-0.2, -0.15) is 18.3 Å². The third-order valence-electron chi connectivity index (χ3n) is 3.92. The summed E-state index contributed by atoms with van der Waals surface area (Å²) in [5, 5.41) is 8.14. The van der Waals surface area contributed by atoms with Crippen LogP contribution in [0.2, 0.25) is 0 Å². The van der Waals surface area contributed by atoms with E-state index in [1.54, 1.807) is 0 Å². The Balaban J connectivity index is 1.72. The summed E-state index contributed by atoms with van der Waals surface area (Å²) in [6, 6.07) is 3.70. The van der Waals surface area contributed by atoms with E-state index in [9.17, 15) is 18.0 Å². The van der Waals surface area contributed by atoms with Gasteiger partial charge in [-0.25, -0.2) is 4.98 Å². The minimum atomic E-state index is -4.57. The van der Waals surface area contributed by atoms with Crippen LogP contribution in [0.4, 0.5) is 19.0 Å². The Morgan fingerprint density at radius 3 is 2.64 bits per heavy atom. The summed E-state index contributed by atoms with van der Waals surface area (Å²) in [5.74, 6) is 0.0231. The molecular formula is C15H16F3N5OS. The van der Waals surface area contributed by atoms with Crippen molar-refractivity contribution in [3.8, 4) is 0 Å². The van der Waals surface area contributed by atoms with Crippen LogP contribution in [0.15, 0.2) is 17.6 Å². The van der Waals surface area contributed by atoms with Crippen LogP contribution in [0.25, 0.3) is 0 Å². The molecule has 0 aliphatic carbocycles. The van der Waals surface area contributed by atoms with E-state index < -0.39 is 22.7 Å². The van der Waals surface area contributed by atoms with E-state index in [1.165, 1.54) is 4.90 Å². The van der Waals surface area contributed by atoms with E-state index in [0.29, 0.717) is 49.8 Å². The topological polar surface area (TPSA) is 62.2 Å². The maximum atomic E-state index is 13.0. The summed E-state index contributed by atoms with van der Waals surface area (Å²) in [7, 11) is 0. The highest BCUT2D eigenvalue weighted by molar-refractivity contribution is 7.10. The molecule has 0 spiro atoms. The first-order valence-corrected chi connectivity index (χ1v) is 8.59. The fraction of sp³-hybridized carbons (Fsp3) is 0.467. The van der Waals surface area contributed by atoms with Gasteiger partial charge >= 0.3 is 6.18 Å². The van der Waals surface area contributed by atoms with Crippen molar-refractivity contribution >= 4 is 23.1 Å². The maximum Gasteiger partial charge on any atom is 0.427 e. The highest BCUT2D eigenvalue weighted by atomic mass is 32.1. The van der Waals surface area contributed by atoms with Gasteiger partial charge in [0.15, 0.2) is 11.5 Å². The number of carbonyl (C=O) groups excluding carboxylic acids is 1. The third-order valence-corrected chi connectivity index (χ3v) is 4.79. The standard InChI is InChI=1S/C15H16F3N5OS/c1-10-3-4-11(21-20-10)22-5-2-6-23(8-7-22)14(24)12-13(15(16,17)18)25-9-19-12/h3-4,9H,2,5-8H2,1H3. The zero-order valence-electron chi connectivity index (χ0n) is 13.5. The Kier molecular flexibility index (Phi) is 4.89. The first-order valence-electron chi connectivity index (χ1n) is 7.71. The zero-order chi connectivity index (χ0) is 18.0. The van der Waals surface area contributed by atoms with Crippen molar-refractivity contribution in [3.05, 3.63) is 33.9 Å². The molecule has 3 rings (SSSR count). The van der Waals surface area contributed by atoms with E-state index in [-0.39, 0.29) is 0 Å².